The van der Waals surface area contributed by atoms with E-state index < -0.39 is 17.5 Å². The van der Waals surface area contributed by atoms with Crippen molar-refractivity contribution in [1.82, 2.24) is 0 Å². The number of carboxylic acids is 1. The Bertz CT molecular complexity index is 256. The molecule has 5 heteroatoms. The fourth-order valence-corrected chi connectivity index (χ4v) is 1.24. The van der Waals surface area contributed by atoms with Gasteiger partial charge in [-0.15, -0.1) is 0 Å². The number of aliphatic carboxylic acids is 1. The SMILES string of the molecule is O=C(O)C(F)(F)c1ccsc1. The first kappa shape index (κ1) is 8.13. The van der Waals surface area contributed by atoms with Crippen LogP contribution in [0.2, 0.25) is 0 Å². The third-order valence-corrected chi connectivity index (χ3v) is 1.84. The van der Waals surface area contributed by atoms with Crippen molar-refractivity contribution in [2.45, 2.75) is 5.92 Å². The first-order valence-electron chi connectivity index (χ1n) is 2.69. The average molecular weight is 178 g/mol. The van der Waals surface area contributed by atoms with Gasteiger partial charge in [0.1, 0.15) is 0 Å². The molecule has 0 aliphatic rings. The Kier molecular flexibility index (Phi) is 1.90. The van der Waals surface area contributed by atoms with E-state index in [1.54, 1.807) is 0 Å². The van der Waals surface area contributed by atoms with Crippen LogP contribution >= 0.6 is 11.3 Å². The zero-order chi connectivity index (χ0) is 8.48. The first-order chi connectivity index (χ1) is 5.05. The summed E-state index contributed by atoms with van der Waals surface area (Å²) in [7, 11) is 0. The molecule has 0 spiro atoms. The molecule has 11 heavy (non-hydrogen) atoms. The van der Waals surface area contributed by atoms with E-state index in [0.29, 0.717) is 0 Å². The van der Waals surface area contributed by atoms with E-state index in [4.69, 9.17) is 5.11 Å². The molecule has 0 atom stereocenters. The van der Waals surface area contributed by atoms with Crippen molar-refractivity contribution in [3.63, 3.8) is 0 Å². The molecule has 0 saturated heterocycles. The van der Waals surface area contributed by atoms with Gasteiger partial charge in [-0.2, -0.15) is 20.1 Å². The van der Waals surface area contributed by atoms with Crippen LogP contribution in [0.1, 0.15) is 5.56 Å². The van der Waals surface area contributed by atoms with Crippen LogP contribution in [0, 0.1) is 0 Å². The number of thiophene rings is 1. The smallest absolute Gasteiger partial charge is 0.379 e. The van der Waals surface area contributed by atoms with E-state index in [1.165, 1.54) is 5.38 Å². The van der Waals surface area contributed by atoms with Crippen LogP contribution in [-0.4, -0.2) is 11.1 Å². The number of carboxylic acid groups (broad SMARTS) is 1. The van der Waals surface area contributed by atoms with Crippen molar-refractivity contribution in [2.75, 3.05) is 0 Å². The fraction of sp³-hybridized carbons (Fsp3) is 0.167. The molecule has 1 aromatic heterocycles. The van der Waals surface area contributed by atoms with Gasteiger partial charge in [0.2, 0.25) is 0 Å². The lowest BCUT2D eigenvalue weighted by Crippen LogP contribution is -2.24. The van der Waals surface area contributed by atoms with E-state index in [1.807, 2.05) is 0 Å². The number of carbonyl (C=O) groups is 1. The molecule has 0 fully saturated rings. The van der Waals surface area contributed by atoms with Gasteiger partial charge in [0, 0.05) is 10.9 Å². The van der Waals surface area contributed by atoms with Gasteiger partial charge in [-0.3, -0.25) is 0 Å². The standard InChI is InChI=1S/C6H4F2O2S/c7-6(8,5(9)10)4-1-2-11-3-4/h1-3H,(H,9,10). The summed E-state index contributed by atoms with van der Waals surface area (Å²) in [5.74, 6) is -5.86. The van der Waals surface area contributed by atoms with Gasteiger partial charge in [-0.05, 0) is 11.4 Å². The van der Waals surface area contributed by atoms with Gasteiger partial charge in [-0.25, -0.2) is 4.79 Å². The minimum atomic E-state index is -3.75. The molecular weight excluding hydrogens is 174 g/mol. The first-order valence-corrected chi connectivity index (χ1v) is 3.63. The number of halogens is 2. The molecule has 2 nitrogen and oxygen atoms in total. The molecule has 60 valence electrons. The second-order valence-corrected chi connectivity index (χ2v) is 2.67. The Morgan fingerprint density at radius 1 is 1.64 bits per heavy atom. The maximum Gasteiger partial charge on any atom is 0.379 e. The van der Waals surface area contributed by atoms with Gasteiger partial charge < -0.3 is 5.11 Å². The summed E-state index contributed by atoms with van der Waals surface area (Å²) < 4.78 is 25.0. The minimum absolute atomic E-state index is 0.463. The zero-order valence-electron chi connectivity index (χ0n) is 5.25. The highest BCUT2D eigenvalue weighted by Gasteiger charge is 2.41. The van der Waals surface area contributed by atoms with Gasteiger partial charge in [0.15, 0.2) is 0 Å². The van der Waals surface area contributed by atoms with Crippen LogP contribution < -0.4 is 0 Å². The quantitative estimate of drug-likeness (QED) is 0.751. The molecule has 0 amide bonds. The molecule has 1 N–H and O–H groups in total. The number of rotatable bonds is 2. The molecule has 0 aliphatic heterocycles. The van der Waals surface area contributed by atoms with Crippen molar-refractivity contribution in [3.05, 3.63) is 22.4 Å². The lowest BCUT2D eigenvalue weighted by atomic mass is 10.2. The van der Waals surface area contributed by atoms with E-state index in [2.05, 4.69) is 0 Å². The summed E-state index contributed by atoms with van der Waals surface area (Å²) in [6.45, 7) is 0. The third-order valence-electron chi connectivity index (χ3n) is 1.15. The highest BCUT2D eigenvalue weighted by molar-refractivity contribution is 7.08. The molecule has 0 bridgehead atoms. The monoisotopic (exact) mass is 178 g/mol. The molecular formula is C6H4F2O2S. The van der Waals surface area contributed by atoms with Crippen molar-refractivity contribution >= 4 is 17.3 Å². The van der Waals surface area contributed by atoms with E-state index in [-0.39, 0.29) is 0 Å². The van der Waals surface area contributed by atoms with Crippen LogP contribution in [0.3, 0.4) is 0 Å². The summed E-state index contributed by atoms with van der Waals surface area (Å²) in [4.78, 5) is 9.97. The predicted octanol–water partition coefficient (Wildman–Crippen LogP) is 1.92. The van der Waals surface area contributed by atoms with E-state index in [0.717, 1.165) is 22.8 Å². The Balaban J connectivity index is 3.00. The predicted molar refractivity (Wildman–Crippen MR) is 35.8 cm³/mol. The third kappa shape index (κ3) is 1.37. The van der Waals surface area contributed by atoms with Gasteiger partial charge >= 0.3 is 11.9 Å². The van der Waals surface area contributed by atoms with Crippen molar-refractivity contribution < 1.29 is 18.7 Å². The average Bonchev–Trinajstić information content (AvgIpc) is 2.37. The van der Waals surface area contributed by atoms with E-state index in [9.17, 15) is 13.6 Å². The maximum atomic E-state index is 12.5. The largest absolute Gasteiger partial charge is 0.477 e. The van der Waals surface area contributed by atoms with Gasteiger partial charge in [0.25, 0.3) is 0 Å². The lowest BCUT2D eigenvalue weighted by Gasteiger charge is -2.07. The molecule has 0 unspecified atom stereocenters. The van der Waals surface area contributed by atoms with Gasteiger partial charge in [0.05, 0.1) is 0 Å². The Hall–Kier alpha value is -0.970. The van der Waals surface area contributed by atoms with Crippen molar-refractivity contribution in [1.29, 1.82) is 0 Å². The molecule has 0 aromatic carbocycles. The molecule has 0 saturated carbocycles. The van der Waals surface area contributed by atoms with Gasteiger partial charge in [-0.1, -0.05) is 0 Å². The molecule has 0 radical (unpaired) electrons. The maximum absolute atomic E-state index is 12.5. The fourth-order valence-electron chi connectivity index (χ4n) is 0.567. The topological polar surface area (TPSA) is 37.3 Å². The highest BCUT2D eigenvalue weighted by atomic mass is 32.1. The number of alkyl halides is 2. The highest BCUT2D eigenvalue weighted by Crippen LogP contribution is 2.29. The van der Waals surface area contributed by atoms with Crippen LogP contribution in [0.4, 0.5) is 8.78 Å². The lowest BCUT2D eigenvalue weighted by molar-refractivity contribution is -0.166. The summed E-state index contributed by atoms with van der Waals surface area (Å²) >= 11 is 1.04. The summed E-state index contributed by atoms with van der Waals surface area (Å²) in [5.41, 5.74) is -0.463. The van der Waals surface area contributed by atoms with Crippen molar-refractivity contribution in [2.24, 2.45) is 0 Å². The Morgan fingerprint density at radius 2 is 2.27 bits per heavy atom. The van der Waals surface area contributed by atoms with Crippen LogP contribution in [0.15, 0.2) is 16.8 Å². The van der Waals surface area contributed by atoms with Crippen LogP contribution in [-0.2, 0) is 10.7 Å². The molecule has 1 heterocycles. The summed E-state index contributed by atoms with van der Waals surface area (Å²) in [6.07, 6.45) is 0. The van der Waals surface area contributed by atoms with Crippen LogP contribution in [0.25, 0.3) is 0 Å². The molecule has 0 aliphatic carbocycles. The van der Waals surface area contributed by atoms with Crippen LogP contribution in [0.5, 0.6) is 0 Å². The molecule has 1 aromatic rings. The summed E-state index contributed by atoms with van der Waals surface area (Å²) in [6, 6.07) is 1.10. The molecule has 1 rings (SSSR count). The van der Waals surface area contributed by atoms with E-state index >= 15 is 0 Å². The Labute approximate surface area is 65.1 Å². The summed E-state index contributed by atoms with van der Waals surface area (Å²) in [5, 5.41) is 10.6. The zero-order valence-corrected chi connectivity index (χ0v) is 6.07. The van der Waals surface area contributed by atoms with Crippen molar-refractivity contribution in [3.8, 4) is 0 Å². The Morgan fingerprint density at radius 3 is 2.64 bits per heavy atom. The number of hydrogen-bond acceptors (Lipinski definition) is 2. The second kappa shape index (κ2) is 2.58. The minimum Gasteiger partial charge on any atom is -0.477 e. The number of hydrogen-bond donors (Lipinski definition) is 1. The second-order valence-electron chi connectivity index (χ2n) is 1.89. The normalized spacial score (nSPS) is 11.5.